The van der Waals surface area contributed by atoms with Crippen molar-refractivity contribution in [3.05, 3.63) is 53.9 Å². The van der Waals surface area contributed by atoms with E-state index >= 15 is 0 Å². The van der Waals surface area contributed by atoms with E-state index < -0.39 is 11.0 Å². The average Bonchev–Trinajstić information content (AvgIpc) is 3.24. The van der Waals surface area contributed by atoms with Crippen molar-refractivity contribution in [2.45, 2.75) is 70.3 Å². The normalized spacial score (nSPS) is 23.6. The van der Waals surface area contributed by atoms with Gasteiger partial charge in [0.1, 0.15) is 0 Å². The maximum absolute atomic E-state index is 10.2. The van der Waals surface area contributed by atoms with Gasteiger partial charge in [0.2, 0.25) is 11.8 Å². The van der Waals surface area contributed by atoms with Crippen LogP contribution in [0.5, 0.6) is 0 Å². The van der Waals surface area contributed by atoms with Crippen LogP contribution < -0.4 is 5.73 Å². The molecule has 0 saturated heterocycles. The molecule has 1 fully saturated rings. The molecule has 0 aliphatic heterocycles. The molecule has 1 unspecified atom stereocenters. The molecular formula is C24H31N5O2. The minimum atomic E-state index is -0.580. The van der Waals surface area contributed by atoms with E-state index in [2.05, 4.69) is 60.2 Å². The lowest BCUT2D eigenvalue weighted by Crippen LogP contribution is -2.32. The van der Waals surface area contributed by atoms with Crippen LogP contribution in [0.15, 0.2) is 41.2 Å². The SMILES string of the molecule is CC(C)C(C)(c1ccc(-c2cnc(N)nc2)cc1)c1noc(C2CCC(C)(O)CC2)n1. The second-order valence-electron chi connectivity index (χ2n) is 9.49. The zero-order chi connectivity index (χ0) is 22.2. The first-order chi connectivity index (χ1) is 14.7. The monoisotopic (exact) mass is 421 g/mol. The Bertz CT molecular complexity index is 1020. The van der Waals surface area contributed by atoms with E-state index in [0.717, 1.165) is 42.4 Å². The number of benzene rings is 1. The number of nitrogens with zero attached hydrogens (tertiary/aromatic N) is 4. The number of nitrogens with two attached hydrogens (primary N) is 1. The van der Waals surface area contributed by atoms with Crippen LogP contribution in [0.2, 0.25) is 0 Å². The van der Waals surface area contributed by atoms with Crippen LogP contribution in [0.3, 0.4) is 0 Å². The Morgan fingerprint density at radius 2 is 1.71 bits per heavy atom. The minimum absolute atomic E-state index is 0.214. The molecule has 0 bridgehead atoms. The first kappa shape index (κ1) is 21.4. The first-order valence-corrected chi connectivity index (χ1v) is 10.9. The molecule has 0 spiro atoms. The van der Waals surface area contributed by atoms with Crippen molar-refractivity contribution < 1.29 is 9.63 Å². The third kappa shape index (κ3) is 4.19. The van der Waals surface area contributed by atoms with Gasteiger partial charge in [0, 0.05) is 23.9 Å². The zero-order valence-electron chi connectivity index (χ0n) is 18.7. The number of hydrogen-bond donors (Lipinski definition) is 2. The largest absolute Gasteiger partial charge is 0.390 e. The van der Waals surface area contributed by atoms with Crippen LogP contribution in [0.1, 0.15) is 76.6 Å². The standard InChI is InChI=1S/C24H31N5O2/c1-15(2)24(4,19-7-5-16(6-8-19)18-13-26-22(25)27-14-18)21-28-20(31-29-21)17-9-11-23(3,30)12-10-17/h5-8,13-15,17,30H,9-12H2,1-4H3,(H2,25,26,27). The molecule has 164 valence electrons. The summed E-state index contributed by atoms with van der Waals surface area (Å²) in [6, 6.07) is 8.35. The smallest absolute Gasteiger partial charge is 0.229 e. The van der Waals surface area contributed by atoms with Gasteiger partial charge in [-0.3, -0.25) is 0 Å². The van der Waals surface area contributed by atoms with Crippen LogP contribution in [0, 0.1) is 5.92 Å². The van der Waals surface area contributed by atoms with Crippen LogP contribution in [-0.2, 0) is 5.41 Å². The van der Waals surface area contributed by atoms with E-state index in [4.69, 9.17) is 15.2 Å². The first-order valence-electron chi connectivity index (χ1n) is 10.9. The highest BCUT2D eigenvalue weighted by Crippen LogP contribution is 2.41. The van der Waals surface area contributed by atoms with Crippen molar-refractivity contribution in [3.8, 4) is 11.1 Å². The number of nitrogen functional groups attached to an aromatic ring is 1. The molecule has 1 aromatic carbocycles. The molecular weight excluding hydrogens is 390 g/mol. The molecule has 3 N–H and O–H groups in total. The molecule has 1 saturated carbocycles. The Labute approximate surface area is 183 Å². The predicted molar refractivity (Wildman–Crippen MR) is 119 cm³/mol. The second kappa shape index (κ2) is 8.04. The van der Waals surface area contributed by atoms with Gasteiger partial charge in [-0.2, -0.15) is 4.98 Å². The van der Waals surface area contributed by atoms with E-state index in [1.807, 2.05) is 6.92 Å². The van der Waals surface area contributed by atoms with Crippen molar-refractivity contribution in [2.75, 3.05) is 5.73 Å². The quantitative estimate of drug-likeness (QED) is 0.625. The summed E-state index contributed by atoms with van der Waals surface area (Å²) in [6.07, 6.45) is 6.70. The maximum Gasteiger partial charge on any atom is 0.229 e. The molecule has 1 aliphatic rings. The number of aliphatic hydroxyl groups is 1. The number of rotatable bonds is 5. The molecule has 31 heavy (non-hydrogen) atoms. The summed E-state index contributed by atoms with van der Waals surface area (Å²) in [5, 5.41) is 14.6. The van der Waals surface area contributed by atoms with E-state index in [9.17, 15) is 5.11 Å². The van der Waals surface area contributed by atoms with Crippen LogP contribution in [0.25, 0.3) is 11.1 Å². The molecule has 3 aromatic rings. The van der Waals surface area contributed by atoms with E-state index in [0.29, 0.717) is 11.7 Å². The second-order valence-corrected chi connectivity index (χ2v) is 9.49. The summed E-state index contributed by atoms with van der Waals surface area (Å²) >= 11 is 0. The minimum Gasteiger partial charge on any atom is -0.390 e. The van der Waals surface area contributed by atoms with Gasteiger partial charge in [0.05, 0.1) is 11.0 Å². The highest BCUT2D eigenvalue weighted by atomic mass is 16.5. The Morgan fingerprint density at radius 1 is 1.10 bits per heavy atom. The Morgan fingerprint density at radius 3 is 2.29 bits per heavy atom. The zero-order valence-corrected chi connectivity index (χ0v) is 18.7. The van der Waals surface area contributed by atoms with Gasteiger partial charge in [-0.25, -0.2) is 9.97 Å². The van der Waals surface area contributed by atoms with Gasteiger partial charge in [-0.05, 0) is 56.6 Å². The van der Waals surface area contributed by atoms with Crippen molar-refractivity contribution >= 4 is 5.95 Å². The molecule has 7 nitrogen and oxygen atoms in total. The molecule has 1 atom stereocenters. The van der Waals surface area contributed by atoms with Gasteiger partial charge in [0.25, 0.3) is 0 Å². The summed E-state index contributed by atoms with van der Waals surface area (Å²) in [4.78, 5) is 13.0. The highest BCUT2D eigenvalue weighted by Gasteiger charge is 2.39. The number of aromatic nitrogens is 4. The molecule has 4 rings (SSSR count). The lowest BCUT2D eigenvalue weighted by molar-refractivity contribution is 0.0143. The van der Waals surface area contributed by atoms with Crippen molar-refractivity contribution in [1.29, 1.82) is 0 Å². The summed E-state index contributed by atoms with van der Waals surface area (Å²) in [7, 11) is 0. The number of hydrogen-bond acceptors (Lipinski definition) is 7. The lowest BCUT2D eigenvalue weighted by Gasteiger charge is -2.32. The summed E-state index contributed by atoms with van der Waals surface area (Å²) in [5.41, 5.74) is 7.70. The van der Waals surface area contributed by atoms with Gasteiger partial charge in [-0.15, -0.1) is 0 Å². The van der Waals surface area contributed by atoms with E-state index in [1.54, 1.807) is 12.4 Å². The summed E-state index contributed by atoms with van der Waals surface area (Å²) < 4.78 is 5.72. The average molecular weight is 422 g/mol. The van der Waals surface area contributed by atoms with Gasteiger partial charge >= 0.3 is 0 Å². The fraction of sp³-hybridized carbons (Fsp3) is 0.500. The Hall–Kier alpha value is -2.80. The topological polar surface area (TPSA) is 111 Å². The Balaban J connectivity index is 1.61. The molecule has 7 heteroatoms. The molecule has 0 amide bonds. The van der Waals surface area contributed by atoms with Crippen molar-refractivity contribution in [1.82, 2.24) is 20.1 Å². The fourth-order valence-electron chi connectivity index (χ4n) is 4.32. The van der Waals surface area contributed by atoms with Crippen molar-refractivity contribution in [3.63, 3.8) is 0 Å². The molecule has 2 aromatic heterocycles. The van der Waals surface area contributed by atoms with Crippen molar-refractivity contribution in [2.24, 2.45) is 5.92 Å². The van der Waals surface area contributed by atoms with E-state index in [1.165, 1.54) is 0 Å². The Kier molecular flexibility index (Phi) is 5.56. The molecule has 0 radical (unpaired) electrons. The molecule has 2 heterocycles. The van der Waals surface area contributed by atoms with Gasteiger partial charge in [-0.1, -0.05) is 43.3 Å². The fourth-order valence-corrected chi connectivity index (χ4v) is 4.32. The maximum atomic E-state index is 10.2. The third-order valence-corrected chi connectivity index (χ3v) is 6.96. The van der Waals surface area contributed by atoms with Gasteiger partial charge < -0.3 is 15.4 Å². The third-order valence-electron chi connectivity index (χ3n) is 6.96. The summed E-state index contributed by atoms with van der Waals surface area (Å²) in [5.74, 6) is 2.13. The van der Waals surface area contributed by atoms with Crippen LogP contribution >= 0.6 is 0 Å². The van der Waals surface area contributed by atoms with Gasteiger partial charge in [0.15, 0.2) is 5.82 Å². The highest BCUT2D eigenvalue weighted by molar-refractivity contribution is 5.62. The van der Waals surface area contributed by atoms with Crippen LogP contribution in [0.4, 0.5) is 5.95 Å². The van der Waals surface area contributed by atoms with Crippen LogP contribution in [-0.4, -0.2) is 30.8 Å². The lowest BCUT2D eigenvalue weighted by atomic mass is 9.72. The predicted octanol–water partition coefficient (Wildman–Crippen LogP) is 4.48. The summed E-state index contributed by atoms with van der Waals surface area (Å²) in [6.45, 7) is 8.42. The molecule has 1 aliphatic carbocycles. The van der Waals surface area contributed by atoms with E-state index in [-0.39, 0.29) is 17.8 Å². The number of anilines is 1.